The number of hydrogen-bond donors (Lipinski definition) is 0. The second kappa shape index (κ2) is 4.63. The zero-order valence-corrected chi connectivity index (χ0v) is 9.43. The van der Waals surface area contributed by atoms with Gasteiger partial charge in [-0.3, -0.25) is 0 Å². The summed E-state index contributed by atoms with van der Waals surface area (Å²) in [7, 11) is 1.58. The predicted molar refractivity (Wildman–Crippen MR) is 61.0 cm³/mol. The lowest BCUT2D eigenvalue weighted by atomic mass is 10.1. The molecule has 0 aliphatic carbocycles. The van der Waals surface area contributed by atoms with Crippen molar-refractivity contribution in [2.75, 3.05) is 7.11 Å². The van der Waals surface area contributed by atoms with Crippen molar-refractivity contribution in [3.8, 4) is 17.0 Å². The van der Waals surface area contributed by atoms with Crippen LogP contribution < -0.4 is 4.74 Å². The number of ether oxygens (including phenoxy) is 1. The van der Waals surface area contributed by atoms with Crippen LogP contribution in [0.5, 0.6) is 5.75 Å². The van der Waals surface area contributed by atoms with Crippen molar-refractivity contribution < 1.29 is 14.1 Å². The van der Waals surface area contributed by atoms with Gasteiger partial charge in [-0.2, -0.15) is 0 Å². The summed E-state index contributed by atoms with van der Waals surface area (Å²) in [5.41, 5.74) is 2.44. The highest BCUT2D eigenvalue weighted by atomic mass is 16.5. The van der Waals surface area contributed by atoms with Gasteiger partial charge in [0, 0.05) is 11.6 Å². The van der Waals surface area contributed by atoms with Crippen LogP contribution in [0.2, 0.25) is 0 Å². The Balaban J connectivity index is 2.50. The Hall–Kier alpha value is -2.39. The molecule has 1 aromatic heterocycles. The van der Waals surface area contributed by atoms with E-state index < -0.39 is 0 Å². The number of carbonyl (C=O) groups excluding carboxylic acids is 1. The number of isocyanates is 1. The summed E-state index contributed by atoms with van der Waals surface area (Å²) in [5, 5.41) is 3.83. The Morgan fingerprint density at radius 1 is 1.41 bits per heavy atom. The Morgan fingerprint density at radius 3 is 2.94 bits per heavy atom. The van der Waals surface area contributed by atoms with Gasteiger partial charge in [0.2, 0.25) is 6.08 Å². The number of hydrogen-bond acceptors (Lipinski definition) is 5. The first-order valence-electron chi connectivity index (χ1n) is 4.94. The summed E-state index contributed by atoms with van der Waals surface area (Å²) in [6.07, 6.45) is 1.40. The summed E-state index contributed by atoms with van der Waals surface area (Å²) >= 11 is 0. The van der Waals surface area contributed by atoms with Crippen LogP contribution in [0.3, 0.4) is 0 Å². The first kappa shape index (κ1) is 11.1. The highest BCUT2D eigenvalue weighted by Gasteiger charge is 2.11. The van der Waals surface area contributed by atoms with Crippen molar-refractivity contribution in [3.05, 3.63) is 29.8 Å². The van der Waals surface area contributed by atoms with Crippen LogP contribution in [0.4, 0.5) is 5.88 Å². The van der Waals surface area contributed by atoms with Gasteiger partial charge in [0.15, 0.2) is 0 Å². The standard InChI is InChI=1S/C12H10N2O3/c1-8-3-4-11(16-2)9(5-8)10-6-12(13-7-15)17-14-10/h3-6H,1-2H3. The van der Waals surface area contributed by atoms with E-state index in [1.54, 1.807) is 13.2 Å². The average molecular weight is 230 g/mol. The maximum atomic E-state index is 10.1. The molecule has 0 atom stereocenters. The molecule has 2 aromatic rings. The molecule has 1 aromatic carbocycles. The van der Waals surface area contributed by atoms with E-state index in [9.17, 15) is 4.79 Å². The van der Waals surface area contributed by atoms with Crippen molar-refractivity contribution in [1.82, 2.24) is 5.16 Å². The second-order valence-electron chi connectivity index (χ2n) is 3.46. The van der Waals surface area contributed by atoms with E-state index in [2.05, 4.69) is 10.1 Å². The lowest BCUT2D eigenvalue weighted by Crippen LogP contribution is -1.88. The maximum absolute atomic E-state index is 10.1. The summed E-state index contributed by atoms with van der Waals surface area (Å²) in [4.78, 5) is 13.4. The quantitative estimate of drug-likeness (QED) is 0.600. The topological polar surface area (TPSA) is 64.7 Å². The van der Waals surface area contributed by atoms with Crippen molar-refractivity contribution in [2.45, 2.75) is 6.92 Å². The van der Waals surface area contributed by atoms with Crippen molar-refractivity contribution in [3.63, 3.8) is 0 Å². The Kier molecular flexibility index (Phi) is 3.03. The fourth-order valence-electron chi connectivity index (χ4n) is 1.51. The normalized spacial score (nSPS) is 9.76. The molecule has 0 spiro atoms. The summed E-state index contributed by atoms with van der Waals surface area (Å²) < 4.78 is 10.1. The molecule has 0 bridgehead atoms. The molecule has 5 nitrogen and oxygen atoms in total. The molecule has 17 heavy (non-hydrogen) atoms. The third kappa shape index (κ3) is 2.24. The third-order valence-corrected chi connectivity index (χ3v) is 2.28. The molecule has 0 saturated heterocycles. The minimum atomic E-state index is 0.124. The van der Waals surface area contributed by atoms with E-state index >= 15 is 0 Å². The molecule has 0 amide bonds. The third-order valence-electron chi connectivity index (χ3n) is 2.28. The highest BCUT2D eigenvalue weighted by molar-refractivity contribution is 5.69. The largest absolute Gasteiger partial charge is 0.496 e. The van der Waals surface area contributed by atoms with Crippen LogP contribution in [-0.2, 0) is 4.79 Å². The average Bonchev–Trinajstić information content (AvgIpc) is 2.78. The van der Waals surface area contributed by atoms with Gasteiger partial charge in [0.05, 0.1) is 7.11 Å². The van der Waals surface area contributed by atoms with Gasteiger partial charge in [-0.05, 0) is 19.1 Å². The van der Waals surface area contributed by atoms with Gasteiger partial charge < -0.3 is 9.26 Å². The number of methoxy groups -OCH3 is 1. The molecule has 0 aliphatic rings. The van der Waals surface area contributed by atoms with Crippen LogP contribution in [0.15, 0.2) is 33.8 Å². The van der Waals surface area contributed by atoms with Crippen molar-refractivity contribution in [1.29, 1.82) is 0 Å². The predicted octanol–water partition coefficient (Wildman–Crippen LogP) is 2.63. The molecule has 0 N–H and O–H groups in total. The van der Waals surface area contributed by atoms with Gasteiger partial charge in [0.25, 0.3) is 5.88 Å². The van der Waals surface area contributed by atoms with E-state index in [4.69, 9.17) is 9.26 Å². The smallest absolute Gasteiger partial charge is 0.261 e. The molecular formula is C12H10N2O3. The van der Waals surface area contributed by atoms with Crippen LogP contribution in [-0.4, -0.2) is 18.3 Å². The first-order valence-corrected chi connectivity index (χ1v) is 4.94. The molecular weight excluding hydrogens is 220 g/mol. The van der Waals surface area contributed by atoms with E-state index in [0.717, 1.165) is 11.1 Å². The molecule has 0 aliphatic heterocycles. The fraction of sp³-hybridized carbons (Fsp3) is 0.167. The van der Waals surface area contributed by atoms with E-state index in [1.807, 2.05) is 25.1 Å². The van der Waals surface area contributed by atoms with Gasteiger partial charge >= 0.3 is 0 Å². The van der Waals surface area contributed by atoms with E-state index in [-0.39, 0.29) is 5.88 Å². The highest BCUT2D eigenvalue weighted by Crippen LogP contribution is 2.31. The SMILES string of the molecule is COc1ccc(C)cc1-c1cc(N=C=O)on1. The molecule has 0 radical (unpaired) electrons. The minimum absolute atomic E-state index is 0.124. The molecule has 2 rings (SSSR count). The summed E-state index contributed by atoms with van der Waals surface area (Å²) in [6.45, 7) is 1.97. The second-order valence-corrected chi connectivity index (χ2v) is 3.46. The number of aromatic nitrogens is 1. The zero-order chi connectivity index (χ0) is 12.3. The lowest BCUT2D eigenvalue weighted by molar-refractivity contribution is 0.413. The Labute approximate surface area is 97.7 Å². The molecule has 5 heteroatoms. The number of nitrogens with zero attached hydrogens (tertiary/aromatic N) is 2. The summed E-state index contributed by atoms with van der Waals surface area (Å²) in [6, 6.07) is 7.27. The molecule has 0 saturated carbocycles. The Morgan fingerprint density at radius 2 is 2.24 bits per heavy atom. The molecule has 0 unspecified atom stereocenters. The van der Waals surface area contributed by atoms with Gasteiger partial charge in [-0.15, -0.1) is 4.99 Å². The first-order chi connectivity index (χ1) is 8.24. The number of aliphatic imine (C=N–C) groups is 1. The maximum Gasteiger partial charge on any atom is 0.261 e. The van der Waals surface area contributed by atoms with Crippen LogP contribution >= 0.6 is 0 Å². The van der Waals surface area contributed by atoms with Crippen LogP contribution in [0, 0.1) is 6.92 Å². The lowest BCUT2D eigenvalue weighted by Gasteiger charge is -2.05. The van der Waals surface area contributed by atoms with Crippen molar-refractivity contribution >= 4 is 12.0 Å². The van der Waals surface area contributed by atoms with Gasteiger partial charge in [-0.25, -0.2) is 4.79 Å². The van der Waals surface area contributed by atoms with Crippen LogP contribution in [0.1, 0.15) is 5.56 Å². The fourth-order valence-corrected chi connectivity index (χ4v) is 1.51. The van der Waals surface area contributed by atoms with Gasteiger partial charge in [0.1, 0.15) is 11.4 Å². The molecule has 0 fully saturated rings. The van der Waals surface area contributed by atoms with E-state index in [1.165, 1.54) is 6.08 Å². The minimum Gasteiger partial charge on any atom is -0.496 e. The van der Waals surface area contributed by atoms with E-state index in [0.29, 0.717) is 11.4 Å². The number of benzene rings is 1. The molecule has 1 heterocycles. The van der Waals surface area contributed by atoms with Gasteiger partial charge in [-0.1, -0.05) is 16.8 Å². The van der Waals surface area contributed by atoms with Crippen LogP contribution in [0.25, 0.3) is 11.3 Å². The number of aryl methyl sites for hydroxylation is 1. The molecule has 86 valence electrons. The van der Waals surface area contributed by atoms with Crippen molar-refractivity contribution in [2.24, 2.45) is 4.99 Å². The zero-order valence-electron chi connectivity index (χ0n) is 9.43. The number of rotatable bonds is 3. The monoisotopic (exact) mass is 230 g/mol. The summed E-state index contributed by atoms with van der Waals surface area (Å²) in [5.74, 6) is 0.809. The Bertz CT molecular complexity index is 583.